The number of ether oxygens (including phenoxy) is 1. The Hall–Kier alpha value is -2.49. The number of alkyl carbamates (subject to hydrolysis) is 1. The number of carbonyl (C=O) groups is 1. The fourth-order valence-electron chi connectivity index (χ4n) is 2.20. The number of rotatable bonds is 5. The van der Waals surface area contributed by atoms with Crippen LogP contribution in [0.1, 0.15) is 26.3 Å². The molecule has 0 radical (unpaired) electrons. The highest BCUT2D eigenvalue weighted by Crippen LogP contribution is 2.15. The number of aryl methyl sites for hydroxylation is 1. The highest BCUT2D eigenvalue weighted by Gasteiger charge is 2.17. The fraction of sp³-hybridized carbons (Fsp3) is 0.412. The highest BCUT2D eigenvalue weighted by molar-refractivity contribution is 9.10. The van der Waals surface area contributed by atoms with Gasteiger partial charge in [0.25, 0.3) is 0 Å². The number of hydrogen-bond acceptors (Lipinski definition) is 5. The van der Waals surface area contributed by atoms with E-state index in [2.05, 4.69) is 31.3 Å². The summed E-state index contributed by atoms with van der Waals surface area (Å²) in [5, 5.41) is 6.46. The molecule has 0 aliphatic carbocycles. The van der Waals surface area contributed by atoms with Crippen LogP contribution in [0, 0.1) is 6.92 Å². The molecule has 1 N–H and O–H groups in total. The van der Waals surface area contributed by atoms with Crippen molar-refractivity contribution in [3.05, 3.63) is 51.1 Å². The van der Waals surface area contributed by atoms with Crippen LogP contribution in [-0.2, 0) is 11.3 Å². The second-order valence-corrected chi connectivity index (χ2v) is 7.67. The van der Waals surface area contributed by atoms with E-state index in [0.29, 0.717) is 16.6 Å². The maximum atomic E-state index is 13.2. The molecule has 0 saturated carbocycles. The van der Waals surface area contributed by atoms with Crippen molar-refractivity contribution >= 4 is 22.0 Å². The lowest BCUT2D eigenvalue weighted by atomic mass is 10.2. The van der Waals surface area contributed by atoms with Crippen molar-refractivity contribution < 1.29 is 13.9 Å². The summed E-state index contributed by atoms with van der Waals surface area (Å²) in [7, 11) is 0. The molecule has 10 heteroatoms. The van der Waals surface area contributed by atoms with Crippen molar-refractivity contribution in [1.82, 2.24) is 24.6 Å². The third-order valence-electron chi connectivity index (χ3n) is 3.41. The zero-order valence-corrected chi connectivity index (χ0v) is 17.1. The van der Waals surface area contributed by atoms with Crippen molar-refractivity contribution in [2.75, 3.05) is 6.54 Å². The van der Waals surface area contributed by atoms with Crippen LogP contribution in [-0.4, -0.2) is 37.6 Å². The Kier molecular flexibility index (Phi) is 6.53. The van der Waals surface area contributed by atoms with Gasteiger partial charge in [-0.1, -0.05) is 0 Å². The summed E-state index contributed by atoms with van der Waals surface area (Å²) in [6.45, 7) is 6.80. The number of pyridine rings is 1. The molecular weight excluding hydrogens is 421 g/mol. The molecule has 0 atom stereocenters. The molecule has 8 nitrogen and oxygen atoms in total. The summed E-state index contributed by atoms with van der Waals surface area (Å²) in [5.74, 6) is 0. The lowest BCUT2D eigenvalue weighted by Crippen LogP contribution is -2.34. The molecule has 0 saturated heterocycles. The first-order chi connectivity index (χ1) is 12.6. The normalized spacial score (nSPS) is 12.1. The van der Waals surface area contributed by atoms with Crippen LogP contribution in [0.15, 0.2) is 39.9 Å². The Morgan fingerprint density at radius 1 is 1.44 bits per heavy atom. The van der Waals surface area contributed by atoms with Gasteiger partial charge in [-0.3, -0.25) is 0 Å². The van der Waals surface area contributed by atoms with E-state index in [4.69, 9.17) is 4.74 Å². The van der Waals surface area contributed by atoms with E-state index in [9.17, 15) is 14.0 Å². The van der Waals surface area contributed by atoms with Gasteiger partial charge in [0, 0.05) is 6.54 Å². The molecule has 27 heavy (non-hydrogen) atoms. The minimum Gasteiger partial charge on any atom is -0.444 e. The number of halogens is 2. The van der Waals surface area contributed by atoms with Crippen molar-refractivity contribution in [3.8, 4) is 5.69 Å². The second-order valence-electron chi connectivity index (χ2n) is 6.86. The number of carbonyl (C=O) groups excluding carboxylic acids is 1. The predicted molar refractivity (Wildman–Crippen MR) is 101 cm³/mol. The molecule has 2 aromatic heterocycles. The molecule has 2 aromatic rings. The van der Waals surface area contributed by atoms with Crippen LogP contribution < -0.4 is 11.0 Å². The standard InChI is InChI=1S/C17H21BrFN5O3/c1-11-5-14(18)20-8-13(11)23-10-22-24(16(23)26)9-12(6-19)7-21-15(25)27-17(2,3)4/h5-6,8,10H,7,9H2,1-4H3,(H,21,25)/b12-6+. The minimum atomic E-state index is -0.670. The van der Waals surface area contributed by atoms with Gasteiger partial charge in [0.2, 0.25) is 0 Å². The van der Waals surface area contributed by atoms with E-state index < -0.39 is 17.4 Å². The topological polar surface area (TPSA) is 91.0 Å². The largest absolute Gasteiger partial charge is 0.444 e. The van der Waals surface area contributed by atoms with Crippen LogP contribution in [0.4, 0.5) is 9.18 Å². The Morgan fingerprint density at radius 3 is 2.74 bits per heavy atom. The van der Waals surface area contributed by atoms with Gasteiger partial charge in [-0.2, -0.15) is 5.10 Å². The van der Waals surface area contributed by atoms with Gasteiger partial charge < -0.3 is 10.1 Å². The van der Waals surface area contributed by atoms with E-state index in [1.54, 1.807) is 33.0 Å². The molecule has 0 aliphatic heterocycles. The van der Waals surface area contributed by atoms with Gasteiger partial charge in [0.1, 0.15) is 16.5 Å². The van der Waals surface area contributed by atoms with Crippen LogP contribution in [0.2, 0.25) is 0 Å². The first-order valence-electron chi connectivity index (χ1n) is 8.12. The number of nitrogens with one attached hydrogen (secondary N) is 1. The van der Waals surface area contributed by atoms with E-state index in [1.165, 1.54) is 10.9 Å². The molecular formula is C17H21BrFN5O3. The Balaban J connectivity index is 2.10. The molecule has 0 aliphatic rings. The van der Waals surface area contributed by atoms with Crippen molar-refractivity contribution in [1.29, 1.82) is 0 Å². The van der Waals surface area contributed by atoms with E-state index in [-0.39, 0.29) is 18.7 Å². The fourth-order valence-corrected chi connectivity index (χ4v) is 2.64. The quantitative estimate of drug-likeness (QED) is 0.720. The summed E-state index contributed by atoms with van der Waals surface area (Å²) in [6, 6.07) is 1.77. The van der Waals surface area contributed by atoms with Crippen LogP contribution in [0.3, 0.4) is 0 Å². The first-order valence-corrected chi connectivity index (χ1v) is 8.92. The predicted octanol–water partition coefficient (Wildman–Crippen LogP) is 2.88. The summed E-state index contributed by atoms with van der Waals surface area (Å²) in [6.07, 6.45) is 2.56. The lowest BCUT2D eigenvalue weighted by Gasteiger charge is -2.19. The molecule has 0 aromatic carbocycles. The SMILES string of the molecule is Cc1cc(Br)ncc1-n1cnn(C/C(=C/F)CNC(=O)OC(C)(C)C)c1=O. The van der Waals surface area contributed by atoms with Crippen molar-refractivity contribution in [2.45, 2.75) is 39.8 Å². The van der Waals surface area contributed by atoms with Gasteiger partial charge in [0.05, 0.1) is 24.8 Å². The van der Waals surface area contributed by atoms with Crippen LogP contribution >= 0.6 is 15.9 Å². The first kappa shape index (κ1) is 20.8. The third-order valence-corrected chi connectivity index (χ3v) is 3.84. The number of amides is 1. The monoisotopic (exact) mass is 441 g/mol. The molecule has 2 heterocycles. The maximum Gasteiger partial charge on any atom is 0.407 e. The lowest BCUT2D eigenvalue weighted by molar-refractivity contribution is 0.0532. The van der Waals surface area contributed by atoms with E-state index in [0.717, 1.165) is 10.2 Å². The van der Waals surface area contributed by atoms with Crippen molar-refractivity contribution in [2.24, 2.45) is 0 Å². The molecule has 2 rings (SSSR count). The Bertz CT molecular complexity index is 914. The highest BCUT2D eigenvalue weighted by atomic mass is 79.9. The van der Waals surface area contributed by atoms with Crippen LogP contribution in [0.5, 0.6) is 0 Å². The van der Waals surface area contributed by atoms with Crippen molar-refractivity contribution in [3.63, 3.8) is 0 Å². The number of aromatic nitrogens is 4. The van der Waals surface area contributed by atoms with Gasteiger partial charge in [-0.25, -0.2) is 28.2 Å². The number of nitrogens with zero attached hydrogens (tertiary/aromatic N) is 4. The molecule has 0 bridgehead atoms. The smallest absolute Gasteiger partial charge is 0.407 e. The van der Waals surface area contributed by atoms with E-state index in [1.807, 2.05) is 6.92 Å². The zero-order valence-electron chi connectivity index (χ0n) is 15.5. The van der Waals surface area contributed by atoms with Gasteiger partial charge in [-0.05, 0) is 60.8 Å². The summed E-state index contributed by atoms with van der Waals surface area (Å²) >= 11 is 3.27. The van der Waals surface area contributed by atoms with Crippen LogP contribution in [0.25, 0.3) is 5.69 Å². The Morgan fingerprint density at radius 2 is 2.15 bits per heavy atom. The minimum absolute atomic E-state index is 0.108. The summed E-state index contributed by atoms with van der Waals surface area (Å²) in [4.78, 5) is 28.3. The summed E-state index contributed by atoms with van der Waals surface area (Å²) in [5.41, 5.74) is 0.465. The van der Waals surface area contributed by atoms with Gasteiger partial charge >= 0.3 is 11.8 Å². The van der Waals surface area contributed by atoms with Gasteiger partial charge in [-0.15, -0.1) is 0 Å². The molecule has 1 amide bonds. The molecule has 0 unspecified atom stereocenters. The third kappa shape index (κ3) is 5.75. The Labute approximate surface area is 164 Å². The molecule has 0 fully saturated rings. The van der Waals surface area contributed by atoms with Gasteiger partial charge in [0.15, 0.2) is 0 Å². The maximum absolute atomic E-state index is 13.2. The second kappa shape index (κ2) is 8.47. The average Bonchev–Trinajstić information content (AvgIpc) is 2.90. The molecule has 0 spiro atoms. The van der Waals surface area contributed by atoms with E-state index >= 15 is 0 Å². The average molecular weight is 442 g/mol. The zero-order chi connectivity index (χ0) is 20.2. The summed E-state index contributed by atoms with van der Waals surface area (Å²) < 4.78 is 21.4. The molecule has 146 valence electrons. The number of hydrogen-bond donors (Lipinski definition) is 1.